The van der Waals surface area contributed by atoms with Crippen LogP contribution >= 0.6 is 0 Å². The summed E-state index contributed by atoms with van der Waals surface area (Å²) in [5, 5.41) is 0. The Labute approximate surface area is 103 Å². The average molecular weight is 222 g/mol. The molecule has 0 amide bonds. The van der Waals surface area contributed by atoms with Gasteiger partial charge in [-0.3, -0.25) is 0 Å². The fraction of sp³-hybridized carbons (Fsp3) is 1.00. The highest BCUT2D eigenvalue weighted by Gasteiger charge is 2.41. The summed E-state index contributed by atoms with van der Waals surface area (Å²) in [5.74, 6) is 0. The second-order valence-corrected chi connectivity index (χ2v) is 7.34. The van der Waals surface area contributed by atoms with Crippen molar-refractivity contribution in [3.63, 3.8) is 0 Å². The van der Waals surface area contributed by atoms with Crippen molar-refractivity contribution in [1.82, 2.24) is 9.62 Å². The van der Waals surface area contributed by atoms with Crippen LogP contribution < -0.4 is 0 Å². The standard InChI is InChI=1S/C12H28B2N2/c1-11(2,3)15-9-14(8)16(10-13(15)7)12(4,5)6/h9-10H2,1-8H3. The van der Waals surface area contributed by atoms with E-state index < -0.39 is 0 Å². The molecule has 0 unspecified atom stereocenters. The third-order valence-corrected chi connectivity index (χ3v) is 3.71. The van der Waals surface area contributed by atoms with Crippen molar-refractivity contribution >= 4 is 13.7 Å². The second kappa shape index (κ2) is 4.38. The maximum absolute atomic E-state index is 2.64. The first kappa shape index (κ1) is 14.1. The van der Waals surface area contributed by atoms with Crippen LogP contribution in [0.25, 0.3) is 0 Å². The summed E-state index contributed by atoms with van der Waals surface area (Å²) < 4.78 is 0. The van der Waals surface area contributed by atoms with E-state index in [2.05, 4.69) is 64.8 Å². The molecule has 1 aliphatic rings. The topological polar surface area (TPSA) is 6.48 Å². The average Bonchev–Trinajstić information content (AvgIpc) is 2.04. The van der Waals surface area contributed by atoms with E-state index in [0.717, 1.165) is 0 Å². The molecule has 0 atom stereocenters. The molecule has 4 heteroatoms. The molecule has 0 aromatic rings. The molecule has 0 aromatic heterocycles. The highest BCUT2D eigenvalue weighted by Crippen LogP contribution is 2.25. The predicted octanol–water partition coefficient (Wildman–Crippen LogP) is 2.52. The van der Waals surface area contributed by atoms with Gasteiger partial charge in [-0.15, -0.1) is 0 Å². The van der Waals surface area contributed by atoms with E-state index in [1.54, 1.807) is 0 Å². The third kappa shape index (κ3) is 3.04. The maximum Gasteiger partial charge on any atom is 0.233 e. The molecule has 16 heavy (non-hydrogen) atoms. The van der Waals surface area contributed by atoms with Gasteiger partial charge in [0.2, 0.25) is 13.7 Å². The lowest BCUT2D eigenvalue weighted by molar-refractivity contribution is 0.212. The number of rotatable bonds is 0. The van der Waals surface area contributed by atoms with Gasteiger partial charge < -0.3 is 9.62 Å². The van der Waals surface area contributed by atoms with Gasteiger partial charge in [0.1, 0.15) is 0 Å². The summed E-state index contributed by atoms with van der Waals surface area (Å²) in [5.41, 5.74) is 0.579. The molecule has 0 spiro atoms. The summed E-state index contributed by atoms with van der Waals surface area (Å²) >= 11 is 0. The summed E-state index contributed by atoms with van der Waals surface area (Å²) in [4.78, 5) is 5.28. The van der Waals surface area contributed by atoms with Crippen molar-refractivity contribution < 1.29 is 0 Å². The number of hydrogen-bond donors (Lipinski definition) is 0. The first-order chi connectivity index (χ1) is 7.03. The lowest BCUT2D eigenvalue weighted by Crippen LogP contribution is -2.69. The van der Waals surface area contributed by atoms with E-state index in [1.165, 1.54) is 12.9 Å². The molecule has 1 fully saturated rings. The normalized spacial score (nSPS) is 21.8. The van der Waals surface area contributed by atoms with Crippen LogP contribution in [0.1, 0.15) is 41.5 Å². The molecule has 0 saturated carbocycles. The van der Waals surface area contributed by atoms with Crippen molar-refractivity contribution in [3.8, 4) is 0 Å². The Morgan fingerprint density at radius 3 is 1.12 bits per heavy atom. The van der Waals surface area contributed by atoms with Crippen LogP contribution in [-0.4, -0.2) is 47.3 Å². The van der Waals surface area contributed by atoms with E-state index in [1.807, 2.05) is 0 Å². The Kier molecular flexibility index (Phi) is 3.86. The van der Waals surface area contributed by atoms with Gasteiger partial charge in [-0.25, -0.2) is 0 Å². The highest BCUT2D eigenvalue weighted by molar-refractivity contribution is 6.64. The largest absolute Gasteiger partial charge is 0.342 e. The molecule has 0 radical (unpaired) electrons. The Hall–Kier alpha value is 0.0499. The van der Waals surface area contributed by atoms with Crippen LogP contribution in [0.15, 0.2) is 0 Å². The second-order valence-electron chi connectivity index (χ2n) is 7.34. The molecule has 1 aliphatic heterocycles. The van der Waals surface area contributed by atoms with Crippen molar-refractivity contribution in [2.45, 2.75) is 66.3 Å². The van der Waals surface area contributed by atoms with Crippen LogP contribution in [0.2, 0.25) is 13.6 Å². The zero-order valence-corrected chi connectivity index (χ0v) is 12.5. The number of hydrogen-bond acceptors (Lipinski definition) is 2. The Morgan fingerprint density at radius 1 is 0.688 bits per heavy atom. The zero-order valence-electron chi connectivity index (χ0n) is 12.5. The van der Waals surface area contributed by atoms with Gasteiger partial charge in [0.25, 0.3) is 0 Å². The van der Waals surface area contributed by atoms with Gasteiger partial charge in [-0.05, 0) is 54.4 Å². The monoisotopic (exact) mass is 222 g/mol. The quantitative estimate of drug-likeness (QED) is 0.581. The molecule has 0 aliphatic carbocycles. The zero-order chi connectivity index (χ0) is 12.7. The number of nitrogens with zero attached hydrogens (tertiary/aromatic N) is 2. The molecule has 1 rings (SSSR count). The van der Waals surface area contributed by atoms with Crippen LogP contribution in [0.3, 0.4) is 0 Å². The van der Waals surface area contributed by atoms with Gasteiger partial charge in [-0.1, -0.05) is 13.6 Å². The summed E-state index contributed by atoms with van der Waals surface area (Å²) in [7, 11) is 0. The summed E-state index contributed by atoms with van der Waals surface area (Å²) in [6.07, 6.45) is 2.36. The van der Waals surface area contributed by atoms with Gasteiger partial charge in [-0.2, -0.15) is 0 Å². The van der Waals surface area contributed by atoms with Crippen molar-refractivity contribution in [3.05, 3.63) is 0 Å². The van der Waals surface area contributed by atoms with E-state index in [4.69, 9.17) is 0 Å². The van der Waals surface area contributed by atoms with Crippen molar-refractivity contribution in [2.75, 3.05) is 12.9 Å². The molecule has 2 nitrogen and oxygen atoms in total. The molecular formula is C12H28B2N2. The van der Waals surface area contributed by atoms with E-state index >= 15 is 0 Å². The maximum atomic E-state index is 2.64. The van der Waals surface area contributed by atoms with E-state index in [9.17, 15) is 0 Å². The molecule has 92 valence electrons. The van der Waals surface area contributed by atoms with Crippen LogP contribution in [0.4, 0.5) is 0 Å². The lowest BCUT2D eigenvalue weighted by atomic mass is 9.46. The minimum Gasteiger partial charge on any atom is -0.342 e. The molecule has 0 bridgehead atoms. The molecule has 0 aromatic carbocycles. The Morgan fingerprint density at radius 2 is 0.938 bits per heavy atom. The van der Waals surface area contributed by atoms with Crippen molar-refractivity contribution in [2.24, 2.45) is 0 Å². The fourth-order valence-corrected chi connectivity index (χ4v) is 3.00. The Bertz CT molecular complexity index is 216. The molecule has 1 saturated heterocycles. The van der Waals surface area contributed by atoms with Crippen LogP contribution in [0, 0.1) is 0 Å². The van der Waals surface area contributed by atoms with Crippen molar-refractivity contribution in [1.29, 1.82) is 0 Å². The van der Waals surface area contributed by atoms with Gasteiger partial charge in [0, 0.05) is 11.1 Å². The Balaban J connectivity index is 2.79. The predicted molar refractivity (Wildman–Crippen MR) is 76.2 cm³/mol. The molecular weight excluding hydrogens is 194 g/mol. The lowest BCUT2D eigenvalue weighted by Gasteiger charge is -2.52. The van der Waals surface area contributed by atoms with Gasteiger partial charge in [0.05, 0.1) is 0 Å². The third-order valence-electron chi connectivity index (χ3n) is 3.71. The van der Waals surface area contributed by atoms with Crippen LogP contribution in [0.5, 0.6) is 0 Å². The van der Waals surface area contributed by atoms with E-state index in [-0.39, 0.29) is 11.1 Å². The first-order valence-corrected chi connectivity index (χ1v) is 6.57. The first-order valence-electron chi connectivity index (χ1n) is 6.57. The molecule has 0 N–H and O–H groups in total. The van der Waals surface area contributed by atoms with Gasteiger partial charge in [0.15, 0.2) is 0 Å². The minimum absolute atomic E-state index is 0.289. The fourth-order valence-electron chi connectivity index (χ4n) is 3.00. The van der Waals surface area contributed by atoms with Crippen LogP contribution in [-0.2, 0) is 0 Å². The minimum atomic E-state index is 0.289. The highest BCUT2D eigenvalue weighted by atomic mass is 15.2. The molecule has 1 heterocycles. The summed E-state index contributed by atoms with van der Waals surface area (Å²) in [6, 6.07) is 0. The SMILES string of the molecule is CB1CN(C(C)(C)C)B(C)CN1C(C)(C)C. The van der Waals surface area contributed by atoms with Gasteiger partial charge >= 0.3 is 0 Å². The van der Waals surface area contributed by atoms with E-state index in [0.29, 0.717) is 13.7 Å². The summed E-state index contributed by atoms with van der Waals surface area (Å²) in [6.45, 7) is 19.9. The smallest absolute Gasteiger partial charge is 0.233 e.